The maximum Gasteiger partial charge on any atom is 0.285 e. The normalized spacial score (nSPS) is 12.4. The molecule has 0 aliphatic heterocycles. The number of ether oxygens (including phenoxy) is 3. The Hall–Kier alpha value is -2.52. The van der Waals surface area contributed by atoms with Gasteiger partial charge in [0.2, 0.25) is 4.80 Å². The molecule has 0 saturated carbocycles. The minimum atomic E-state index is -3.88. The SMILES string of the molecule is CCn1c(=NS(=O)(=O)c2ccc(OC)cc2)sc2c(OC)ccc(OC)c21. The Kier molecular flexibility index (Phi) is 5.43. The summed E-state index contributed by atoms with van der Waals surface area (Å²) in [4.78, 5) is 0.452. The number of hydrogen-bond donors (Lipinski definition) is 0. The zero-order chi connectivity index (χ0) is 19.6. The number of aryl methyl sites for hydroxylation is 1. The van der Waals surface area contributed by atoms with Gasteiger partial charge in [0, 0.05) is 6.54 Å². The lowest BCUT2D eigenvalue weighted by Gasteiger charge is -2.08. The molecule has 0 radical (unpaired) electrons. The molecule has 2 aromatic carbocycles. The van der Waals surface area contributed by atoms with Gasteiger partial charge in [0.25, 0.3) is 10.0 Å². The van der Waals surface area contributed by atoms with Crippen LogP contribution in [-0.4, -0.2) is 34.3 Å². The molecule has 3 aromatic rings. The van der Waals surface area contributed by atoms with E-state index in [-0.39, 0.29) is 4.90 Å². The van der Waals surface area contributed by atoms with E-state index < -0.39 is 10.0 Å². The van der Waals surface area contributed by atoms with Gasteiger partial charge in [-0.3, -0.25) is 0 Å². The van der Waals surface area contributed by atoms with E-state index in [4.69, 9.17) is 14.2 Å². The molecule has 0 spiro atoms. The smallest absolute Gasteiger partial charge is 0.285 e. The lowest BCUT2D eigenvalue weighted by Crippen LogP contribution is -2.16. The number of methoxy groups -OCH3 is 3. The van der Waals surface area contributed by atoms with Gasteiger partial charge in [-0.05, 0) is 43.3 Å². The number of fused-ring (bicyclic) bond motifs is 1. The summed E-state index contributed by atoms with van der Waals surface area (Å²) in [5.41, 5.74) is 0.757. The van der Waals surface area contributed by atoms with Crippen molar-refractivity contribution in [3.8, 4) is 17.2 Å². The summed E-state index contributed by atoms with van der Waals surface area (Å²) in [6.45, 7) is 2.45. The summed E-state index contributed by atoms with van der Waals surface area (Å²) >= 11 is 1.25. The van der Waals surface area contributed by atoms with Crippen molar-refractivity contribution in [2.24, 2.45) is 4.40 Å². The molecule has 1 aromatic heterocycles. The van der Waals surface area contributed by atoms with Crippen molar-refractivity contribution in [3.63, 3.8) is 0 Å². The Bertz CT molecular complexity index is 1130. The van der Waals surface area contributed by atoms with Crippen molar-refractivity contribution in [1.82, 2.24) is 4.57 Å². The number of nitrogens with zero attached hydrogens (tertiary/aromatic N) is 2. The van der Waals surface area contributed by atoms with Crippen molar-refractivity contribution < 1.29 is 22.6 Å². The highest BCUT2D eigenvalue weighted by Gasteiger charge is 2.18. The number of benzene rings is 2. The van der Waals surface area contributed by atoms with Crippen molar-refractivity contribution >= 4 is 31.6 Å². The Morgan fingerprint density at radius 1 is 0.963 bits per heavy atom. The fraction of sp³-hybridized carbons (Fsp3) is 0.278. The number of rotatable bonds is 6. The number of thiazole rings is 1. The van der Waals surface area contributed by atoms with Crippen LogP contribution in [0.4, 0.5) is 0 Å². The molecule has 144 valence electrons. The first-order chi connectivity index (χ1) is 12.9. The highest BCUT2D eigenvalue weighted by Crippen LogP contribution is 2.35. The van der Waals surface area contributed by atoms with Crippen molar-refractivity contribution in [2.45, 2.75) is 18.4 Å². The topological polar surface area (TPSA) is 79.1 Å². The van der Waals surface area contributed by atoms with Gasteiger partial charge in [-0.1, -0.05) is 11.3 Å². The molecule has 0 unspecified atom stereocenters. The summed E-state index contributed by atoms with van der Waals surface area (Å²) in [5, 5.41) is 0. The van der Waals surface area contributed by atoms with E-state index in [1.165, 1.54) is 30.6 Å². The number of hydrogen-bond acceptors (Lipinski definition) is 6. The minimum absolute atomic E-state index is 0.0994. The van der Waals surface area contributed by atoms with Crippen LogP contribution in [-0.2, 0) is 16.6 Å². The highest BCUT2D eigenvalue weighted by atomic mass is 32.2. The van der Waals surface area contributed by atoms with Crippen LogP contribution in [0.1, 0.15) is 6.92 Å². The summed E-state index contributed by atoms with van der Waals surface area (Å²) in [7, 11) is 0.788. The molecule has 0 saturated heterocycles. The monoisotopic (exact) mass is 408 g/mol. The first kappa shape index (κ1) is 19.2. The Morgan fingerprint density at radius 2 is 1.59 bits per heavy atom. The molecule has 0 N–H and O–H groups in total. The first-order valence-corrected chi connectivity index (χ1v) is 10.4. The van der Waals surface area contributed by atoms with Gasteiger partial charge in [-0.25, -0.2) is 0 Å². The van der Waals surface area contributed by atoms with Crippen LogP contribution in [0.3, 0.4) is 0 Å². The molecule has 3 rings (SSSR count). The van der Waals surface area contributed by atoms with E-state index in [1.807, 2.05) is 11.5 Å². The van der Waals surface area contributed by atoms with E-state index in [1.54, 1.807) is 38.5 Å². The molecule has 1 heterocycles. The molecule has 0 fully saturated rings. The van der Waals surface area contributed by atoms with Gasteiger partial charge in [0.15, 0.2) is 0 Å². The van der Waals surface area contributed by atoms with Crippen LogP contribution in [0.2, 0.25) is 0 Å². The van der Waals surface area contributed by atoms with Crippen molar-refractivity contribution in [1.29, 1.82) is 0 Å². The molecule has 0 amide bonds. The molecule has 7 nitrogen and oxygen atoms in total. The third kappa shape index (κ3) is 3.52. The second-order valence-electron chi connectivity index (χ2n) is 5.52. The van der Waals surface area contributed by atoms with E-state index in [2.05, 4.69) is 4.40 Å². The van der Waals surface area contributed by atoms with Crippen LogP contribution in [0.15, 0.2) is 45.7 Å². The summed E-state index contributed by atoms with van der Waals surface area (Å²) in [5.74, 6) is 1.85. The third-order valence-corrected chi connectivity index (χ3v) is 6.55. The predicted octanol–water partition coefficient (Wildman–Crippen LogP) is 3.04. The first-order valence-electron chi connectivity index (χ1n) is 8.14. The Morgan fingerprint density at radius 3 is 2.15 bits per heavy atom. The second-order valence-corrected chi connectivity index (χ2v) is 8.10. The van der Waals surface area contributed by atoms with Gasteiger partial charge in [-0.2, -0.15) is 8.42 Å². The molecule has 0 aliphatic rings. The minimum Gasteiger partial charge on any atom is -0.497 e. The van der Waals surface area contributed by atoms with Gasteiger partial charge in [0.05, 0.1) is 26.2 Å². The second kappa shape index (κ2) is 7.61. The molecule has 27 heavy (non-hydrogen) atoms. The maximum atomic E-state index is 12.8. The van der Waals surface area contributed by atoms with Crippen molar-refractivity contribution in [3.05, 3.63) is 41.2 Å². The van der Waals surface area contributed by atoms with E-state index in [0.29, 0.717) is 28.6 Å². The molecule has 0 atom stereocenters. The molecule has 9 heteroatoms. The highest BCUT2D eigenvalue weighted by molar-refractivity contribution is 7.90. The average Bonchev–Trinajstić information content (AvgIpc) is 3.04. The largest absolute Gasteiger partial charge is 0.497 e. The van der Waals surface area contributed by atoms with Gasteiger partial charge in [0.1, 0.15) is 27.5 Å². The van der Waals surface area contributed by atoms with Crippen molar-refractivity contribution in [2.75, 3.05) is 21.3 Å². The Balaban J connectivity index is 2.26. The molecular formula is C18H20N2O5S2. The van der Waals surface area contributed by atoms with Gasteiger partial charge in [-0.15, -0.1) is 4.40 Å². The molecule has 0 bridgehead atoms. The van der Waals surface area contributed by atoms with E-state index >= 15 is 0 Å². The van der Waals surface area contributed by atoms with Crippen LogP contribution < -0.4 is 19.0 Å². The fourth-order valence-corrected chi connectivity index (χ4v) is 5.13. The summed E-state index contributed by atoms with van der Waals surface area (Å²) in [6.07, 6.45) is 0. The van der Waals surface area contributed by atoms with Crippen LogP contribution in [0, 0.1) is 0 Å². The average molecular weight is 409 g/mol. The quantitative estimate of drug-likeness (QED) is 0.626. The molecular weight excluding hydrogens is 388 g/mol. The van der Waals surface area contributed by atoms with E-state index in [0.717, 1.165) is 10.2 Å². The standard InChI is InChI=1S/C18H20N2O5S2/c1-5-20-16-14(24-3)10-11-15(25-4)17(16)26-18(20)19-27(21,22)13-8-6-12(23-2)7-9-13/h6-11H,5H2,1-4H3. The molecule has 0 aliphatic carbocycles. The predicted molar refractivity (Wildman–Crippen MR) is 104 cm³/mol. The zero-order valence-corrected chi connectivity index (χ0v) is 17.1. The van der Waals surface area contributed by atoms with Crippen LogP contribution in [0.5, 0.6) is 17.2 Å². The van der Waals surface area contributed by atoms with E-state index in [9.17, 15) is 8.42 Å². The number of aromatic nitrogens is 1. The fourth-order valence-electron chi connectivity index (χ4n) is 2.72. The third-order valence-electron chi connectivity index (χ3n) is 4.06. The van der Waals surface area contributed by atoms with Gasteiger partial charge >= 0.3 is 0 Å². The van der Waals surface area contributed by atoms with Gasteiger partial charge < -0.3 is 18.8 Å². The Labute approximate surface area is 161 Å². The lowest BCUT2D eigenvalue weighted by molar-refractivity contribution is 0.409. The lowest BCUT2D eigenvalue weighted by atomic mass is 10.3. The maximum absolute atomic E-state index is 12.8. The summed E-state index contributed by atoms with van der Waals surface area (Å²) < 4.78 is 48.2. The van der Waals surface area contributed by atoms with Crippen LogP contribution >= 0.6 is 11.3 Å². The summed E-state index contributed by atoms with van der Waals surface area (Å²) in [6, 6.07) is 9.71. The number of sulfonamides is 1. The van der Waals surface area contributed by atoms with Crippen LogP contribution in [0.25, 0.3) is 10.2 Å². The zero-order valence-electron chi connectivity index (χ0n) is 15.4.